The highest BCUT2D eigenvalue weighted by molar-refractivity contribution is 6.30. The minimum absolute atomic E-state index is 0.0194. The van der Waals surface area contributed by atoms with E-state index in [2.05, 4.69) is 5.32 Å². The summed E-state index contributed by atoms with van der Waals surface area (Å²) in [5.74, 6) is 0.826. The van der Waals surface area contributed by atoms with E-state index in [0.29, 0.717) is 11.4 Å². The average molecular weight is 306 g/mol. The fraction of sp³-hybridized carbons (Fsp3) is 0.294. The highest BCUT2D eigenvalue weighted by Gasteiger charge is 2.23. The van der Waals surface area contributed by atoms with Gasteiger partial charge in [-0.3, -0.25) is 0 Å². The Morgan fingerprint density at radius 3 is 2.48 bits per heavy atom. The molecule has 0 aliphatic carbocycles. The van der Waals surface area contributed by atoms with Crippen molar-refractivity contribution in [3.63, 3.8) is 0 Å². The van der Waals surface area contributed by atoms with Crippen LogP contribution in [0.5, 0.6) is 5.75 Å². The Hall–Kier alpha value is -1.71. The number of anilines is 1. The van der Waals surface area contributed by atoms with Gasteiger partial charge in [0.25, 0.3) is 0 Å². The van der Waals surface area contributed by atoms with Crippen LogP contribution >= 0.6 is 11.6 Å². The summed E-state index contributed by atoms with van der Waals surface area (Å²) in [5.41, 5.74) is 1.56. The summed E-state index contributed by atoms with van der Waals surface area (Å²) in [7, 11) is 1.65. The first kappa shape index (κ1) is 15.7. The first-order chi connectivity index (χ1) is 10.0. The van der Waals surface area contributed by atoms with E-state index in [9.17, 15) is 5.11 Å². The molecule has 0 heterocycles. The van der Waals surface area contributed by atoms with Crippen LogP contribution < -0.4 is 10.1 Å². The summed E-state index contributed by atoms with van der Waals surface area (Å²) in [4.78, 5) is 0. The molecular formula is C17H20ClNO2. The summed E-state index contributed by atoms with van der Waals surface area (Å²) < 4.78 is 5.15. The number of rotatable bonds is 6. The number of benzene rings is 2. The summed E-state index contributed by atoms with van der Waals surface area (Å²) in [5, 5.41) is 13.8. The van der Waals surface area contributed by atoms with Crippen LogP contribution in [0, 0.1) is 0 Å². The zero-order valence-electron chi connectivity index (χ0n) is 12.3. The lowest BCUT2D eigenvalue weighted by Crippen LogP contribution is -2.41. The summed E-state index contributed by atoms with van der Waals surface area (Å²) in [6.45, 7) is 2.00. The minimum Gasteiger partial charge on any atom is -0.497 e. The molecule has 0 radical (unpaired) electrons. The quantitative estimate of drug-likeness (QED) is 0.854. The maximum atomic E-state index is 9.76. The number of aliphatic hydroxyl groups is 1. The fourth-order valence-electron chi connectivity index (χ4n) is 2.25. The van der Waals surface area contributed by atoms with Gasteiger partial charge >= 0.3 is 0 Å². The lowest BCUT2D eigenvalue weighted by Gasteiger charge is -2.30. The number of ether oxygens (including phenoxy) is 1. The first-order valence-electron chi connectivity index (χ1n) is 6.82. The number of nitrogens with one attached hydrogen (secondary N) is 1. The zero-order valence-corrected chi connectivity index (χ0v) is 13.0. The van der Waals surface area contributed by atoms with Crippen molar-refractivity contribution in [2.75, 3.05) is 19.0 Å². The molecule has 2 aromatic rings. The lowest BCUT2D eigenvalue weighted by atomic mass is 9.93. The van der Waals surface area contributed by atoms with Gasteiger partial charge < -0.3 is 15.2 Å². The lowest BCUT2D eigenvalue weighted by molar-refractivity contribution is 0.222. The van der Waals surface area contributed by atoms with Crippen molar-refractivity contribution in [2.45, 2.75) is 18.9 Å². The van der Waals surface area contributed by atoms with Gasteiger partial charge in [-0.15, -0.1) is 0 Å². The fourth-order valence-corrected chi connectivity index (χ4v) is 2.44. The average Bonchev–Trinajstić information content (AvgIpc) is 2.48. The molecule has 4 heteroatoms. The summed E-state index contributed by atoms with van der Waals surface area (Å²) in [6.07, 6.45) is 0.694. The maximum absolute atomic E-state index is 9.76. The van der Waals surface area contributed by atoms with Gasteiger partial charge in [-0.1, -0.05) is 29.8 Å². The molecule has 0 aliphatic heterocycles. The second kappa shape index (κ2) is 6.83. The monoisotopic (exact) mass is 305 g/mol. The molecule has 1 unspecified atom stereocenters. The van der Waals surface area contributed by atoms with Crippen LogP contribution in [0.15, 0.2) is 48.5 Å². The third-order valence-corrected chi connectivity index (χ3v) is 3.61. The van der Waals surface area contributed by atoms with Crippen molar-refractivity contribution >= 4 is 17.3 Å². The van der Waals surface area contributed by atoms with Gasteiger partial charge in [0.2, 0.25) is 0 Å². The maximum Gasteiger partial charge on any atom is 0.118 e. The van der Waals surface area contributed by atoms with Crippen molar-refractivity contribution in [2.24, 2.45) is 0 Å². The van der Waals surface area contributed by atoms with E-state index in [1.165, 1.54) is 0 Å². The van der Waals surface area contributed by atoms with E-state index in [1.54, 1.807) is 7.11 Å². The molecule has 112 valence electrons. The Balaban J connectivity index is 2.12. The van der Waals surface area contributed by atoms with Crippen molar-refractivity contribution in [3.05, 3.63) is 59.1 Å². The molecule has 3 nitrogen and oxygen atoms in total. The highest BCUT2D eigenvalue weighted by atomic mass is 35.5. The van der Waals surface area contributed by atoms with Crippen LogP contribution in [0.1, 0.15) is 12.5 Å². The van der Waals surface area contributed by atoms with E-state index in [0.717, 1.165) is 17.0 Å². The predicted octanol–water partition coefficient (Wildman–Crippen LogP) is 3.75. The van der Waals surface area contributed by atoms with E-state index < -0.39 is 5.54 Å². The van der Waals surface area contributed by atoms with Gasteiger partial charge in [0.05, 0.1) is 19.3 Å². The summed E-state index contributed by atoms with van der Waals surface area (Å²) in [6, 6.07) is 15.4. The third kappa shape index (κ3) is 4.38. The molecule has 2 aromatic carbocycles. The molecule has 1 atom stereocenters. The molecule has 0 aromatic heterocycles. The second-order valence-corrected chi connectivity index (χ2v) is 5.82. The standard InChI is InChI=1S/C17H20ClNO2/c1-17(12-20,19-15-5-3-4-14(18)10-15)11-13-6-8-16(21-2)9-7-13/h3-10,19-20H,11-12H2,1-2H3. The van der Waals surface area contributed by atoms with Gasteiger partial charge in [-0.25, -0.2) is 0 Å². The van der Waals surface area contributed by atoms with Gasteiger partial charge in [0, 0.05) is 10.7 Å². The predicted molar refractivity (Wildman–Crippen MR) is 87.3 cm³/mol. The van der Waals surface area contributed by atoms with E-state index in [-0.39, 0.29) is 6.61 Å². The van der Waals surface area contributed by atoms with E-state index in [4.69, 9.17) is 16.3 Å². The van der Waals surface area contributed by atoms with Crippen LogP contribution in [0.3, 0.4) is 0 Å². The topological polar surface area (TPSA) is 41.5 Å². The zero-order chi connectivity index (χ0) is 15.3. The van der Waals surface area contributed by atoms with Gasteiger partial charge in [0.1, 0.15) is 5.75 Å². The van der Waals surface area contributed by atoms with Crippen molar-refractivity contribution in [1.82, 2.24) is 0 Å². The van der Waals surface area contributed by atoms with Gasteiger partial charge in [-0.2, -0.15) is 0 Å². The molecule has 0 bridgehead atoms. The largest absolute Gasteiger partial charge is 0.497 e. The van der Waals surface area contributed by atoms with Crippen LogP contribution in [-0.2, 0) is 6.42 Å². The number of hydrogen-bond acceptors (Lipinski definition) is 3. The first-order valence-corrected chi connectivity index (χ1v) is 7.20. The second-order valence-electron chi connectivity index (χ2n) is 5.38. The Labute approximate surface area is 130 Å². The Kier molecular flexibility index (Phi) is 5.10. The van der Waals surface area contributed by atoms with Crippen molar-refractivity contribution in [3.8, 4) is 5.75 Å². The molecule has 0 spiro atoms. The molecule has 0 fully saturated rings. The molecule has 0 aliphatic rings. The Bertz CT molecular complexity index is 586. The molecule has 2 rings (SSSR count). The third-order valence-electron chi connectivity index (χ3n) is 3.37. The van der Waals surface area contributed by atoms with Crippen molar-refractivity contribution in [1.29, 1.82) is 0 Å². The Morgan fingerprint density at radius 2 is 1.90 bits per heavy atom. The van der Waals surface area contributed by atoms with Crippen LogP contribution in [0.4, 0.5) is 5.69 Å². The van der Waals surface area contributed by atoms with E-state index >= 15 is 0 Å². The normalized spacial score (nSPS) is 13.5. The molecule has 21 heavy (non-hydrogen) atoms. The smallest absolute Gasteiger partial charge is 0.118 e. The van der Waals surface area contributed by atoms with Crippen LogP contribution in [0.25, 0.3) is 0 Å². The van der Waals surface area contributed by atoms with Crippen LogP contribution in [-0.4, -0.2) is 24.4 Å². The van der Waals surface area contributed by atoms with Crippen LogP contribution in [0.2, 0.25) is 5.02 Å². The molecular weight excluding hydrogens is 286 g/mol. The number of methoxy groups -OCH3 is 1. The number of halogens is 1. The molecule has 0 saturated carbocycles. The highest BCUT2D eigenvalue weighted by Crippen LogP contribution is 2.23. The van der Waals surface area contributed by atoms with E-state index in [1.807, 2.05) is 55.5 Å². The van der Waals surface area contributed by atoms with Gasteiger partial charge in [-0.05, 0) is 49.2 Å². The van der Waals surface area contributed by atoms with Crippen molar-refractivity contribution < 1.29 is 9.84 Å². The number of aliphatic hydroxyl groups excluding tert-OH is 1. The number of hydrogen-bond donors (Lipinski definition) is 2. The molecule has 2 N–H and O–H groups in total. The molecule has 0 amide bonds. The SMILES string of the molecule is COc1ccc(CC(C)(CO)Nc2cccc(Cl)c2)cc1. The molecule has 0 saturated heterocycles. The summed E-state index contributed by atoms with van der Waals surface area (Å²) >= 11 is 5.99. The van der Waals surface area contributed by atoms with Gasteiger partial charge in [0.15, 0.2) is 0 Å². The minimum atomic E-state index is -0.459. The Morgan fingerprint density at radius 1 is 1.19 bits per heavy atom.